The summed E-state index contributed by atoms with van der Waals surface area (Å²) < 4.78 is 45.4. The molecule has 2 N–H and O–H groups in total. The number of ether oxygens (including phenoxy) is 1. The molecule has 106 valence electrons. The molecule has 1 heterocycles. The second-order valence-corrected chi connectivity index (χ2v) is 3.78. The van der Waals surface area contributed by atoms with Gasteiger partial charge < -0.3 is 9.15 Å². The van der Waals surface area contributed by atoms with Crippen molar-refractivity contribution < 1.29 is 27.1 Å². The molecule has 1 unspecified atom stereocenters. The zero-order valence-corrected chi connectivity index (χ0v) is 9.92. The molecule has 0 radical (unpaired) electrons. The average molecular weight is 286 g/mol. The minimum Gasteiger partial charge on any atom is -0.451 e. The number of aromatic nitrogens is 1. The minimum absolute atomic E-state index is 0.194. The summed E-state index contributed by atoms with van der Waals surface area (Å²) in [6.07, 6.45) is -4.19. The zero-order valence-electron chi connectivity index (χ0n) is 9.92. The van der Waals surface area contributed by atoms with Crippen molar-refractivity contribution in [1.82, 2.24) is 4.98 Å². The van der Waals surface area contributed by atoms with Gasteiger partial charge in [-0.1, -0.05) is 24.3 Å². The molecule has 5 nitrogen and oxygen atoms in total. The van der Waals surface area contributed by atoms with E-state index in [2.05, 4.69) is 9.72 Å². The summed E-state index contributed by atoms with van der Waals surface area (Å²) in [5.41, 5.74) is 6.49. The smallest absolute Gasteiger partial charge is 0.451 e. The number of halogens is 3. The highest BCUT2D eigenvalue weighted by molar-refractivity contribution is 5.76. The number of nitrogens with zero attached hydrogens (tertiary/aromatic N) is 1. The van der Waals surface area contributed by atoms with E-state index in [4.69, 9.17) is 10.2 Å². The van der Waals surface area contributed by atoms with Gasteiger partial charge in [0.15, 0.2) is 12.6 Å². The van der Waals surface area contributed by atoms with Crippen molar-refractivity contribution in [3.63, 3.8) is 0 Å². The SMILES string of the molecule is NC(OC(=O)C(F)(F)F)c1ccccc1-c1cocn1. The molecule has 0 amide bonds. The number of carbonyl (C=O) groups excluding carboxylic acids is 1. The lowest BCUT2D eigenvalue weighted by Gasteiger charge is -2.16. The van der Waals surface area contributed by atoms with Crippen LogP contribution < -0.4 is 5.73 Å². The lowest BCUT2D eigenvalue weighted by molar-refractivity contribution is -0.205. The lowest BCUT2D eigenvalue weighted by atomic mass is 10.0. The molecule has 1 aromatic heterocycles. The third-order valence-electron chi connectivity index (χ3n) is 2.44. The van der Waals surface area contributed by atoms with Crippen LogP contribution in [-0.2, 0) is 9.53 Å². The molecule has 1 aromatic carbocycles. The normalized spacial score (nSPS) is 13.0. The summed E-state index contributed by atoms with van der Waals surface area (Å²) >= 11 is 0. The maximum Gasteiger partial charge on any atom is 0.490 e. The number of carbonyl (C=O) groups is 1. The van der Waals surface area contributed by atoms with E-state index in [0.717, 1.165) is 0 Å². The van der Waals surface area contributed by atoms with Crippen LogP contribution in [0.25, 0.3) is 11.3 Å². The first kappa shape index (κ1) is 14.1. The van der Waals surface area contributed by atoms with Crippen molar-refractivity contribution in [2.24, 2.45) is 5.73 Å². The van der Waals surface area contributed by atoms with Crippen LogP contribution in [0, 0.1) is 0 Å². The van der Waals surface area contributed by atoms with Crippen molar-refractivity contribution in [3.8, 4) is 11.3 Å². The highest BCUT2D eigenvalue weighted by Crippen LogP contribution is 2.28. The Morgan fingerprint density at radius 3 is 2.65 bits per heavy atom. The highest BCUT2D eigenvalue weighted by Gasteiger charge is 2.42. The summed E-state index contributed by atoms with van der Waals surface area (Å²) in [4.78, 5) is 14.7. The minimum atomic E-state index is -5.10. The number of hydrogen-bond donors (Lipinski definition) is 1. The molecule has 0 aliphatic rings. The van der Waals surface area contributed by atoms with Gasteiger partial charge in [-0.2, -0.15) is 13.2 Å². The molecular formula is C12H9F3N2O3. The van der Waals surface area contributed by atoms with Crippen LogP contribution in [0.4, 0.5) is 13.2 Å². The van der Waals surface area contributed by atoms with Gasteiger partial charge in [0.25, 0.3) is 0 Å². The fourth-order valence-corrected chi connectivity index (χ4v) is 1.57. The van der Waals surface area contributed by atoms with E-state index in [9.17, 15) is 18.0 Å². The Labute approximate surface area is 111 Å². The van der Waals surface area contributed by atoms with Gasteiger partial charge in [0, 0.05) is 11.1 Å². The van der Waals surface area contributed by atoms with Crippen LogP contribution in [0.2, 0.25) is 0 Å². The van der Waals surface area contributed by atoms with Gasteiger partial charge in [-0.3, -0.25) is 5.73 Å². The van der Waals surface area contributed by atoms with Crippen molar-refractivity contribution in [3.05, 3.63) is 42.5 Å². The Morgan fingerprint density at radius 1 is 1.35 bits per heavy atom. The third-order valence-corrected chi connectivity index (χ3v) is 2.44. The Hall–Kier alpha value is -2.35. The third kappa shape index (κ3) is 2.97. The average Bonchev–Trinajstić information content (AvgIpc) is 2.91. The molecule has 0 spiro atoms. The number of esters is 1. The summed E-state index contributed by atoms with van der Waals surface area (Å²) in [5, 5.41) is 0. The van der Waals surface area contributed by atoms with Crippen LogP contribution in [0.1, 0.15) is 11.8 Å². The van der Waals surface area contributed by atoms with Crippen LogP contribution in [0.15, 0.2) is 41.3 Å². The number of nitrogens with two attached hydrogens (primary N) is 1. The predicted molar refractivity (Wildman–Crippen MR) is 61.0 cm³/mol. The molecule has 0 saturated carbocycles. The maximum atomic E-state index is 12.1. The van der Waals surface area contributed by atoms with E-state index in [1.807, 2.05) is 0 Å². The topological polar surface area (TPSA) is 78.4 Å². The largest absolute Gasteiger partial charge is 0.490 e. The van der Waals surface area contributed by atoms with E-state index in [-0.39, 0.29) is 5.56 Å². The van der Waals surface area contributed by atoms with Crippen LogP contribution >= 0.6 is 0 Å². The summed E-state index contributed by atoms with van der Waals surface area (Å²) in [6.45, 7) is 0. The molecular weight excluding hydrogens is 277 g/mol. The lowest BCUT2D eigenvalue weighted by Crippen LogP contribution is -2.30. The number of rotatable bonds is 3. The van der Waals surface area contributed by atoms with Crippen LogP contribution in [0.3, 0.4) is 0 Å². The van der Waals surface area contributed by atoms with Gasteiger partial charge in [-0.05, 0) is 0 Å². The molecule has 2 aromatic rings. The molecule has 1 atom stereocenters. The first-order valence-electron chi connectivity index (χ1n) is 5.40. The molecule has 0 aliphatic heterocycles. The van der Waals surface area contributed by atoms with E-state index < -0.39 is 18.4 Å². The zero-order chi connectivity index (χ0) is 14.8. The van der Waals surface area contributed by atoms with Gasteiger partial charge in [-0.15, -0.1) is 0 Å². The Balaban J connectivity index is 2.27. The Bertz CT molecular complexity index is 596. The molecule has 0 aliphatic carbocycles. The molecule has 20 heavy (non-hydrogen) atoms. The monoisotopic (exact) mass is 286 g/mol. The van der Waals surface area contributed by atoms with Crippen LogP contribution in [-0.4, -0.2) is 17.1 Å². The van der Waals surface area contributed by atoms with Gasteiger partial charge >= 0.3 is 12.1 Å². The van der Waals surface area contributed by atoms with Crippen molar-refractivity contribution >= 4 is 5.97 Å². The van der Waals surface area contributed by atoms with Gasteiger partial charge in [0.05, 0.1) is 0 Å². The second-order valence-electron chi connectivity index (χ2n) is 3.78. The fraction of sp³-hybridized carbons (Fsp3) is 0.167. The number of benzene rings is 1. The van der Waals surface area contributed by atoms with Gasteiger partial charge in [0.1, 0.15) is 12.0 Å². The molecule has 0 fully saturated rings. The van der Waals surface area contributed by atoms with E-state index in [1.54, 1.807) is 18.2 Å². The Kier molecular flexibility index (Phi) is 3.75. The summed E-state index contributed by atoms with van der Waals surface area (Å²) in [5.74, 6) is -2.35. The standard InChI is InChI=1S/C12H9F3N2O3/c13-12(14,15)11(18)20-10(16)8-4-2-1-3-7(8)9-5-19-6-17-9/h1-6,10H,16H2. The van der Waals surface area contributed by atoms with Gasteiger partial charge in [-0.25, -0.2) is 9.78 Å². The number of alkyl halides is 3. The van der Waals surface area contributed by atoms with Crippen molar-refractivity contribution in [2.75, 3.05) is 0 Å². The van der Waals surface area contributed by atoms with E-state index in [1.165, 1.54) is 18.7 Å². The van der Waals surface area contributed by atoms with Crippen molar-refractivity contribution in [2.45, 2.75) is 12.4 Å². The number of hydrogen-bond acceptors (Lipinski definition) is 5. The second kappa shape index (κ2) is 5.33. The number of oxazole rings is 1. The quantitative estimate of drug-likeness (QED) is 0.692. The molecule has 0 saturated heterocycles. The first-order chi connectivity index (χ1) is 9.39. The predicted octanol–water partition coefficient (Wildman–Crippen LogP) is 2.40. The Morgan fingerprint density at radius 2 is 2.05 bits per heavy atom. The van der Waals surface area contributed by atoms with E-state index in [0.29, 0.717) is 11.3 Å². The molecule has 2 rings (SSSR count). The maximum absolute atomic E-state index is 12.1. The highest BCUT2D eigenvalue weighted by atomic mass is 19.4. The van der Waals surface area contributed by atoms with Crippen LogP contribution in [0.5, 0.6) is 0 Å². The first-order valence-corrected chi connectivity index (χ1v) is 5.40. The molecule has 8 heteroatoms. The molecule has 0 bridgehead atoms. The summed E-state index contributed by atoms with van der Waals surface area (Å²) in [7, 11) is 0. The summed E-state index contributed by atoms with van der Waals surface area (Å²) in [6, 6.07) is 6.22. The van der Waals surface area contributed by atoms with E-state index >= 15 is 0 Å². The fourth-order valence-electron chi connectivity index (χ4n) is 1.57. The van der Waals surface area contributed by atoms with Crippen molar-refractivity contribution in [1.29, 1.82) is 0 Å². The van der Waals surface area contributed by atoms with Gasteiger partial charge in [0.2, 0.25) is 0 Å².